The number of halogens is 1. The Labute approximate surface area is 112 Å². The Morgan fingerprint density at radius 2 is 2.29 bits per heavy atom. The van der Waals surface area contributed by atoms with Crippen molar-refractivity contribution in [2.75, 3.05) is 5.75 Å². The van der Waals surface area contributed by atoms with Crippen LogP contribution in [0.1, 0.15) is 5.56 Å². The number of nitrogens with zero attached hydrogens (tertiary/aromatic N) is 2. The second-order valence-electron chi connectivity index (χ2n) is 3.55. The third kappa shape index (κ3) is 2.98. The lowest BCUT2D eigenvalue weighted by Crippen LogP contribution is -2.23. The molecular formula is C10H11BrN2O3S. The maximum absolute atomic E-state index is 11.8. The number of aromatic nitrogens is 1. The van der Waals surface area contributed by atoms with E-state index in [9.17, 15) is 14.9 Å². The predicted octanol–water partition coefficient (Wildman–Crippen LogP) is 2.31. The molecule has 0 aliphatic carbocycles. The van der Waals surface area contributed by atoms with Gasteiger partial charge in [-0.1, -0.05) is 6.58 Å². The molecule has 0 aliphatic heterocycles. The number of rotatable bonds is 4. The van der Waals surface area contributed by atoms with Crippen LogP contribution >= 0.6 is 28.6 Å². The van der Waals surface area contributed by atoms with Crippen molar-refractivity contribution in [3.63, 3.8) is 0 Å². The van der Waals surface area contributed by atoms with Crippen LogP contribution in [-0.2, 0) is 6.54 Å². The van der Waals surface area contributed by atoms with Crippen LogP contribution in [0, 0.1) is 17.0 Å². The molecule has 17 heavy (non-hydrogen) atoms. The fourth-order valence-corrected chi connectivity index (χ4v) is 1.83. The van der Waals surface area contributed by atoms with Crippen molar-refractivity contribution in [2.45, 2.75) is 13.5 Å². The van der Waals surface area contributed by atoms with Crippen LogP contribution in [0.2, 0.25) is 0 Å². The summed E-state index contributed by atoms with van der Waals surface area (Å²) in [4.78, 5) is 22.2. The van der Waals surface area contributed by atoms with Gasteiger partial charge in [0, 0.05) is 17.9 Å². The Morgan fingerprint density at radius 3 is 2.76 bits per heavy atom. The van der Waals surface area contributed by atoms with Gasteiger partial charge < -0.3 is 4.57 Å². The topological polar surface area (TPSA) is 65.1 Å². The molecule has 0 saturated heterocycles. The largest absolute Gasteiger partial charge is 0.304 e. The molecule has 0 aliphatic rings. The first-order valence-corrected chi connectivity index (χ1v) is 6.12. The first-order valence-electron chi connectivity index (χ1n) is 4.70. The molecule has 0 radical (unpaired) electrons. The van der Waals surface area contributed by atoms with E-state index >= 15 is 0 Å². The van der Waals surface area contributed by atoms with Gasteiger partial charge in [0.05, 0.1) is 15.6 Å². The fraction of sp³-hybridized carbons (Fsp3) is 0.300. The SMILES string of the molecule is C=C(CS)Cn1cc([N+](=O)[O-])c(C)c(Br)c1=O. The summed E-state index contributed by atoms with van der Waals surface area (Å²) in [6, 6.07) is 0. The van der Waals surface area contributed by atoms with Crippen LogP contribution in [-0.4, -0.2) is 15.2 Å². The van der Waals surface area contributed by atoms with Gasteiger partial charge >= 0.3 is 0 Å². The zero-order chi connectivity index (χ0) is 13.2. The second-order valence-corrected chi connectivity index (χ2v) is 4.66. The van der Waals surface area contributed by atoms with Gasteiger partial charge in [0.25, 0.3) is 11.2 Å². The van der Waals surface area contributed by atoms with Crippen LogP contribution in [0.5, 0.6) is 0 Å². The normalized spacial score (nSPS) is 10.3. The average Bonchev–Trinajstić information content (AvgIpc) is 2.29. The lowest BCUT2D eigenvalue weighted by Gasteiger charge is -2.09. The lowest BCUT2D eigenvalue weighted by atomic mass is 10.2. The van der Waals surface area contributed by atoms with Gasteiger partial charge in [-0.3, -0.25) is 14.9 Å². The van der Waals surface area contributed by atoms with Gasteiger partial charge in [-0.25, -0.2) is 0 Å². The van der Waals surface area contributed by atoms with E-state index in [1.165, 1.54) is 17.7 Å². The Bertz CT molecular complexity index is 539. The van der Waals surface area contributed by atoms with Crippen molar-refractivity contribution in [2.24, 2.45) is 0 Å². The molecule has 1 aromatic heterocycles. The summed E-state index contributed by atoms with van der Waals surface area (Å²) in [5.41, 5.74) is 0.632. The summed E-state index contributed by atoms with van der Waals surface area (Å²) in [6.45, 7) is 5.47. The van der Waals surface area contributed by atoms with E-state index in [0.29, 0.717) is 16.9 Å². The zero-order valence-corrected chi connectivity index (χ0v) is 11.6. The first kappa shape index (κ1) is 14.0. The highest BCUT2D eigenvalue weighted by molar-refractivity contribution is 9.10. The van der Waals surface area contributed by atoms with Crippen LogP contribution in [0.4, 0.5) is 5.69 Å². The van der Waals surface area contributed by atoms with Crippen molar-refractivity contribution in [1.82, 2.24) is 4.57 Å². The van der Waals surface area contributed by atoms with E-state index in [1.807, 2.05) is 0 Å². The molecular weight excluding hydrogens is 308 g/mol. The van der Waals surface area contributed by atoms with E-state index in [4.69, 9.17) is 0 Å². The summed E-state index contributed by atoms with van der Waals surface area (Å²) in [7, 11) is 0. The van der Waals surface area contributed by atoms with Crippen molar-refractivity contribution < 1.29 is 4.92 Å². The quantitative estimate of drug-likeness (QED) is 0.401. The van der Waals surface area contributed by atoms with Gasteiger partial charge in [0.2, 0.25) is 0 Å². The Kier molecular flexibility index (Phi) is 4.53. The second kappa shape index (κ2) is 5.50. The van der Waals surface area contributed by atoms with E-state index < -0.39 is 4.92 Å². The highest BCUT2D eigenvalue weighted by atomic mass is 79.9. The van der Waals surface area contributed by atoms with Gasteiger partial charge in [-0.15, -0.1) is 0 Å². The summed E-state index contributed by atoms with van der Waals surface area (Å²) < 4.78 is 1.46. The molecule has 0 fully saturated rings. The molecule has 7 heteroatoms. The summed E-state index contributed by atoms with van der Waals surface area (Å²) in [5.74, 6) is 0.422. The van der Waals surface area contributed by atoms with E-state index in [1.54, 1.807) is 0 Å². The molecule has 92 valence electrons. The molecule has 0 amide bonds. The Hall–Kier alpha value is -1.08. The van der Waals surface area contributed by atoms with E-state index in [-0.39, 0.29) is 22.3 Å². The van der Waals surface area contributed by atoms with Gasteiger partial charge in [0.15, 0.2) is 0 Å². The highest BCUT2D eigenvalue weighted by Gasteiger charge is 2.18. The minimum Gasteiger partial charge on any atom is -0.304 e. The maximum atomic E-state index is 11.8. The first-order chi connectivity index (χ1) is 7.88. The Morgan fingerprint density at radius 1 is 1.71 bits per heavy atom. The van der Waals surface area contributed by atoms with Gasteiger partial charge in [0.1, 0.15) is 0 Å². The third-order valence-electron chi connectivity index (χ3n) is 2.25. The smallest absolute Gasteiger partial charge is 0.289 e. The lowest BCUT2D eigenvalue weighted by molar-refractivity contribution is -0.386. The molecule has 5 nitrogen and oxygen atoms in total. The number of nitro groups is 1. The van der Waals surface area contributed by atoms with Gasteiger partial charge in [-0.2, -0.15) is 12.6 Å². The minimum atomic E-state index is -0.514. The fourth-order valence-electron chi connectivity index (χ4n) is 1.29. The summed E-state index contributed by atoms with van der Waals surface area (Å²) in [6.07, 6.45) is 1.23. The monoisotopic (exact) mass is 318 g/mol. The highest BCUT2D eigenvalue weighted by Crippen LogP contribution is 2.22. The number of hydrogen-bond acceptors (Lipinski definition) is 4. The standard InChI is InChI=1S/C10H11BrN2O3S/c1-6(5-17)3-12-4-8(13(15)16)7(2)9(11)10(12)14/h4,17H,1,3,5H2,2H3. The number of hydrogen-bond donors (Lipinski definition) is 1. The summed E-state index contributed by atoms with van der Waals surface area (Å²) >= 11 is 7.11. The molecule has 1 aromatic rings. The van der Waals surface area contributed by atoms with Crippen molar-refractivity contribution in [1.29, 1.82) is 0 Å². The molecule has 0 N–H and O–H groups in total. The number of pyridine rings is 1. The van der Waals surface area contributed by atoms with Crippen LogP contribution in [0.25, 0.3) is 0 Å². The molecule has 1 heterocycles. The van der Waals surface area contributed by atoms with Gasteiger partial charge in [-0.05, 0) is 28.4 Å². The zero-order valence-electron chi connectivity index (χ0n) is 9.14. The Balaban J connectivity index is 3.37. The summed E-state index contributed by atoms with van der Waals surface area (Å²) in [5, 5.41) is 10.8. The third-order valence-corrected chi connectivity index (χ3v) is 3.64. The molecule has 1 rings (SSSR count). The molecule has 0 spiro atoms. The van der Waals surface area contributed by atoms with Crippen LogP contribution in [0.15, 0.2) is 27.6 Å². The van der Waals surface area contributed by atoms with Crippen molar-refractivity contribution in [3.05, 3.63) is 48.9 Å². The average molecular weight is 319 g/mol. The molecule has 0 aromatic carbocycles. The van der Waals surface area contributed by atoms with E-state index in [0.717, 1.165) is 0 Å². The molecule has 0 unspecified atom stereocenters. The van der Waals surface area contributed by atoms with Crippen molar-refractivity contribution in [3.8, 4) is 0 Å². The molecule has 0 atom stereocenters. The van der Waals surface area contributed by atoms with Crippen LogP contribution < -0.4 is 5.56 Å². The molecule has 0 bridgehead atoms. The number of thiol groups is 1. The van der Waals surface area contributed by atoms with E-state index in [2.05, 4.69) is 35.1 Å². The van der Waals surface area contributed by atoms with Crippen molar-refractivity contribution >= 4 is 34.2 Å². The minimum absolute atomic E-state index is 0.0940. The van der Waals surface area contributed by atoms with Crippen LogP contribution in [0.3, 0.4) is 0 Å². The molecule has 0 saturated carbocycles. The predicted molar refractivity (Wildman–Crippen MR) is 72.8 cm³/mol. The maximum Gasteiger partial charge on any atom is 0.289 e.